The molecule has 0 aliphatic heterocycles. The maximum absolute atomic E-state index is 14.9. The Labute approximate surface area is 321 Å². The summed E-state index contributed by atoms with van der Waals surface area (Å²) in [6, 6.07) is 3.98. The van der Waals surface area contributed by atoms with Gasteiger partial charge in [-0.1, -0.05) is 85.7 Å². The highest BCUT2D eigenvalue weighted by Gasteiger charge is 2.61. The summed E-state index contributed by atoms with van der Waals surface area (Å²) < 4.78 is 0. The smallest absolute Gasteiger partial charge is 0.338 e. The van der Waals surface area contributed by atoms with Crippen molar-refractivity contribution in [2.75, 3.05) is 0 Å². The number of hydrogen-bond donors (Lipinski definition) is 8. The number of nitrogens with two attached hydrogens (primary N) is 3. The van der Waals surface area contributed by atoms with Crippen LogP contribution in [0.4, 0.5) is 0 Å². The number of carboxylic acid groups (broad SMARTS) is 1. The average Bonchev–Trinajstić information content (AvgIpc) is 3.09. The molecule has 0 heterocycles. The van der Waals surface area contributed by atoms with Crippen LogP contribution < -0.4 is 27.8 Å². The minimum atomic E-state index is -2.98. The van der Waals surface area contributed by atoms with Crippen LogP contribution in [-0.4, -0.2) is 91.1 Å². The summed E-state index contributed by atoms with van der Waals surface area (Å²) in [5, 5.41) is 35.7. The number of hydrogen-bond acceptors (Lipinski definition) is 12. The zero-order valence-corrected chi connectivity index (χ0v) is 32.6. The van der Waals surface area contributed by atoms with Crippen LogP contribution in [0.3, 0.4) is 0 Å². The lowest BCUT2D eigenvalue weighted by Crippen LogP contribution is -2.74. The number of benzene rings is 2. The molecule has 4 amide bonds. The number of nitrogens with one attached hydrogen (secondary N) is 2. The van der Waals surface area contributed by atoms with Gasteiger partial charge >= 0.3 is 5.97 Å². The SMILES string of the molecule is CC(C)CC(NC(=O)C(N)c1cc(O)cc(O)c1)C(=O)N(C(=O)C(NC(=O)C(=O)C(N)Cc1ccccc1)C(C)C)C(C(=O)O)(C(=O)C(N)C(C)C)C(C)C. The molecule has 11 N–H and O–H groups in total. The average molecular weight is 769 g/mol. The van der Waals surface area contributed by atoms with Crippen LogP contribution in [0.5, 0.6) is 11.5 Å². The Morgan fingerprint density at radius 3 is 1.76 bits per heavy atom. The van der Waals surface area contributed by atoms with Gasteiger partial charge in [-0.3, -0.25) is 33.7 Å². The summed E-state index contributed by atoms with van der Waals surface area (Å²) in [4.78, 5) is 98.3. The van der Waals surface area contributed by atoms with E-state index in [9.17, 15) is 48.9 Å². The lowest BCUT2D eigenvalue weighted by atomic mass is 9.75. The first-order valence-electron chi connectivity index (χ1n) is 18.1. The van der Waals surface area contributed by atoms with Gasteiger partial charge in [-0.25, -0.2) is 4.79 Å². The Morgan fingerprint density at radius 2 is 1.31 bits per heavy atom. The highest BCUT2D eigenvalue weighted by molar-refractivity contribution is 6.38. The third kappa shape index (κ3) is 11.0. The summed E-state index contributed by atoms with van der Waals surface area (Å²) in [5.41, 5.74) is 16.1. The van der Waals surface area contributed by atoms with Crippen LogP contribution >= 0.6 is 0 Å². The van der Waals surface area contributed by atoms with Gasteiger partial charge in [-0.05, 0) is 59.8 Å². The van der Waals surface area contributed by atoms with Crippen LogP contribution in [0.15, 0.2) is 48.5 Å². The van der Waals surface area contributed by atoms with Gasteiger partial charge in [0.05, 0.1) is 12.1 Å². The van der Waals surface area contributed by atoms with E-state index < -0.39 is 106 Å². The van der Waals surface area contributed by atoms with Crippen molar-refractivity contribution in [1.82, 2.24) is 15.5 Å². The lowest BCUT2D eigenvalue weighted by molar-refractivity contribution is -0.177. The molecule has 0 saturated carbocycles. The van der Waals surface area contributed by atoms with Crippen molar-refractivity contribution < 1.29 is 48.9 Å². The topological polar surface area (TPSA) is 286 Å². The molecule has 6 atom stereocenters. The van der Waals surface area contributed by atoms with Gasteiger partial charge in [-0.15, -0.1) is 0 Å². The number of ketones is 2. The molecule has 302 valence electrons. The molecule has 2 aromatic carbocycles. The third-order valence-electron chi connectivity index (χ3n) is 9.32. The Kier molecular flexibility index (Phi) is 16.2. The number of Topliss-reactive ketones (excluding diaryl/α,β-unsaturated/α-hetero) is 2. The summed E-state index contributed by atoms with van der Waals surface area (Å²) in [6.07, 6.45) is -0.216. The number of nitrogens with zero attached hydrogens (tertiary/aromatic N) is 1. The fraction of sp³-hybridized carbons (Fsp3) is 0.513. The molecule has 0 aliphatic carbocycles. The van der Waals surface area contributed by atoms with Crippen molar-refractivity contribution in [2.45, 2.75) is 104 Å². The zero-order valence-electron chi connectivity index (χ0n) is 32.6. The van der Waals surface area contributed by atoms with E-state index in [4.69, 9.17) is 17.2 Å². The number of carbonyl (C=O) groups excluding carboxylic acids is 6. The molecule has 0 fully saturated rings. The number of phenols is 2. The zero-order chi connectivity index (χ0) is 42.1. The maximum atomic E-state index is 14.9. The molecule has 16 heteroatoms. The number of aliphatic carboxylic acids is 1. The van der Waals surface area contributed by atoms with E-state index >= 15 is 0 Å². The first-order chi connectivity index (χ1) is 25.5. The summed E-state index contributed by atoms with van der Waals surface area (Å²) >= 11 is 0. The van der Waals surface area contributed by atoms with Crippen LogP contribution in [0, 0.1) is 23.7 Å². The van der Waals surface area contributed by atoms with Crippen LogP contribution in [0.1, 0.15) is 79.0 Å². The Hall–Kier alpha value is -5.19. The summed E-state index contributed by atoms with van der Waals surface area (Å²) in [7, 11) is 0. The number of carboxylic acids is 1. The monoisotopic (exact) mass is 768 g/mol. The van der Waals surface area contributed by atoms with E-state index in [0.717, 1.165) is 18.2 Å². The normalized spacial score (nSPS) is 15.4. The maximum Gasteiger partial charge on any atom is 0.338 e. The fourth-order valence-electron chi connectivity index (χ4n) is 6.17. The third-order valence-corrected chi connectivity index (χ3v) is 9.32. The van der Waals surface area contributed by atoms with Gasteiger partial charge in [0.2, 0.25) is 17.2 Å². The quantitative estimate of drug-likeness (QED) is 0.0740. The van der Waals surface area contributed by atoms with Crippen LogP contribution in [-0.2, 0) is 40.0 Å². The predicted molar refractivity (Wildman–Crippen MR) is 203 cm³/mol. The second-order valence-corrected chi connectivity index (χ2v) is 15.2. The largest absolute Gasteiger partial charge is 0.508 e. The van der Waals surface area contributed by atoms with E-state index in [1.807, 2.05) is 0 Å². The highest BCUT2D eigenvalue weighted by atomic mass is 16.4. The molecule has 2 aromatic rings. The predicted octanol–water partition coefficient (Wildman–Crippen LogP) is 1.30. The molecule has 55 heavy (non-hydrogen) atoms. The van der Waals surface area contributed by atoms with Crippen molar-refractivity contribution in [1.29, 1.82) is 0 Å². The molecule has 0 spiro atoms. The van der Waals surface area contributed by atoms with Crippen molar-refractivity contribution in [3.05, 3.63) is 59.7 Å². The minimum absolute atomic E-state index is 0.0179. The molecule has 0 saturated heterocycles. The Morgan fingerprint density at radius 1 is 0.764 bits per heavy atom. The number of rotatable bonds is 19. The standard InChI is InChI=1S/C39H56N6O10/c1-19(2)14-28(43-34(50)30(42)24-16-25(46)18-26(47)17-24)36(52)45(39(22(7)8,38(54)55)33(49)29(41)20(3)4)37(53)31(21(5)6)44-35(51)32(48)27(40)15-23-12-10-9-11-13-23/h9-13,16-22,27-31,46-47H,14-15,40-42H2,1-8H3,(H,43,50)(H,44,51)(H,54,55). The van der Waals surface area contributed by atoms with E-state index in [1.54, 1.807) is 58.0 Å². The van der Waals surface area contributed by atoms with Crippen molar-refractivity contribution in [2.24, 2.45) is 40.9 Å². The van der Waals surface area contributed by atoms with E-state index in [-0.39, 0.29) is 29.2 Å². The molecule has 0 aromatic heterocycles. The van der Waals surface area contributed by atoms with E-state index in [2.05, 4.69) is 10.6 Å². The Balaban J connectivity index is 2.79. The molecular weight excluding hydrogens is 712 g/mol. The lowest BCUT2D eigenvalue weighted by Gasteiger charge is -2.45. The molecule has 0 radical (unpaired) electrons. The molecule has 0 bridgehead atoms. The van der Waals surface area contributed by atoms with Crippen molar-refractivity contribution >= 4 is 41.2 Å². The number of carbonyl (C=O) groups is 7. The number of phenolic OH excluding ortho intramolecular Hbond substituents is 2. The van der Waals surface area contributed by atoms with Gasteiger partial charge < -0.3 is 43.2 Å². The summed E-state index contributed by atoms with van der Waals surface area (Å²) in [5.74, 6) is -13.3. The van der Waals surface area contributed by atoms with E-state index in [1.165, 1.54) is 27.7 Å². The molecule has 2 rings (SSSR count). The first-order valence-corrected chi connectivity index (χ1v) is 18.1. The van der Waals surface area contributed by atoms with Gasteiger partial charge in [0.25, 0.3) is 17.7 Å². The first kappa shape index (κ1) is 46.0. The number of amides is 4. The minimum Gasteiger partial charge on any atom is -0.508 e. The highest BCUT2D eigenvalue weighted by Crippen LogP contribution is 2.33. The Bertz CT molecular complexity index is 1710. The van der Waals surface area contributed by atoms with Gasteiger partial charge in [-0.2, -0.15) is 0 Å². The van der Waals surface area contributed by atoms with Crippen LogP contribution in [0.25, 0.3) is 0 Å². The second kappa shape index (κ2) is 19.4. The molecular formula is C39H56N6O10. The van der Waals surface area contributed by atoms with Gasteiger partial charge in [0, 0.05) is 6.07 Å². The molecule has 16 nitrogen and oxygen atoms in total. The van der Waals surface area contributed by atoms with Gasteiger partial charge in [0.1, 0.15) is 29.6 Å². The second-order valence-electron chi connectivity index (χ2n) is 15.2. The van der Waals surface area contributed by atoms with E-state index in [0.29, 0.717) is 5.56 Å². The van der Waals surface area contributed by atoms with Crippen LogP contribution in [0.2, 0.25) is 0 Å². The van der Waals surface area contributed by atoms with Crippen molar-refractivity contribution in [3.8, 4) is 11.5 Å². The fourth-order valence-corrected chi connectivity index (χ4v) is 6.17. The van der Waals surface area contributed by atoms with Gasteiger partial charge in [0.15, 0.2) is 5.78 Å². The molecule has 6 unspecified atom stereocenters. The molecule has 0 aliphatic rings. The summed E-state index contributed by atoms with van der Waals surface area (Å²) in [6.45, 7) is 12.0. The van der Waals surface area contributed by atoms with Crippen molar-refractivity contribution in [3.63, 3.8) is 0 Å². The number of aromatic hydroxyl groups is 2. The number of imide groups is 1.